The van der Waals surface area contributed by atoms with Gasteiger partial charge >= 0.3 is 7.82 Å². The fourth-order valence-electron chi connectivity index (χ4n) is 4.68. The van der Waals surface area contributed by atoms with Crippen LogP contribution in [0.5, 0.6) is 5.75 Å². The molecule has 42 heavy (non-hydrogen) atoms. The van der Waals surface area contributed by atoms with Gasteiger partial charge < -0.3 is 30.6 Å². The van der Waals surface area contributed by atoms with E-state index in [4.69, 9.17) is 13.8 Å². The van der Waals surface area contributed by atoms with Gasteiger partial charge in [-0.05, 0) is 64.2 Å². The summed E-state index contributed by atoms with van der Waals surface area (Å²) in [6.07, 6.45) is 0.675. The predicted octanol–water partition coefficient (Wildman–Crippen LogP) is 2.83. The van der Waals surface area contributed by atoms with Crippen LogP contribution in [0.2, 0.25) is 0 Å². The summed E-state index contributed by atoms with van der Waals surface area (Å²) in [6, 6.07) is 4.73. The van der Waals surface area contributed by atoms with Crippen LogP contribution >= 0.6 is 7.82 Å². The highest BCUT2D eigenvalue weighted by Gasteiger charge is 2.35. The van der Waals surface area contributed by atoms with Crippen LogP contribution in [0, 0.1) is 11.8 Å². The van der Waals surface area contributed by atoms with E-state index < -0.39 is 55.6 Å². The summed E-state index contributed by atoms with van der Waals surface area (Å²) in [7, 11) is -3.05. The first kappa shape index (κ1) is 33.3. The van der Waals surface area contributed by atoms with Gasteiger partial charge in [-0.2, -0.15) is 0 Å². The zero-order valence-electron chi connectivity index (χ0n) is 24.8. The summed E-state index contributed by atoms with van der Waals surface area (Å²) in [4.78, 5) is 65.2. The number of methoxy groups -OCH3 is 1. The van der Waals surface area contributed by atoms with Crippen molar-refractivity contribution >= 4 is 42.2 Å². The van der Waals surface area contributed by atoms with Crippen LogP contribution in [0.1, 0.15) is 64.4 Å². The number of H-pyrrole nitrogens is 1. The second-order valence-corrected chi connectivity index (χ2v) is 13.1. The Balaban J connectivity index is 1.77. The minimum absolute atomic E-state index is 0.00299. The average Bonchev–Trinajstić information content (AvgIpc) is 3.50. The van der Waals surface area contributed by atoms with Crippen LogP contribution in [-0.2, 0) is 28.0 Å². The lowest BCUT2D eigenvalue weighted by molar-refractivity contribution is -0.131. The number of amides is 3. The standard InChI is InChI=1S/C28H41N4O9P/c1-16(2)12-21(32-27(36)22-14-18-19(30-22)8-7-9-24(18)39-6)26(35)31-20(13-17-10-11-29-25(17)34)23(33)15-40-42(37,38)41-28(3,4)5/h7-9,14,16-17,20-21,30H,10-13,15H2,1-6H3,(H,29,34)(H,31,35)(H,32,36)(H,37,38)/t17-,20-,21-/m0/s1. The number of fused-ring (bicyclic) bond motifs is 1. The first-order valence-electron chi connectivity index (χ1n) is 13.8. The van der Waals surface area contributed by atoms with Gasteiger partial charge in [0, 0.05) is 23.4 Å². The number of hydrogen-bond donors (Lipinski definition) is 5. The van der Waals surface area contributed by atoms with E-state index >= 15 is 0 Å². The zero-order valence-corrected chi connectivity index (χ0v) is 25.7. The number of carbonyl (C=O) groups is 4. The van der Waals surface area contributed by atoms with Gasteiger partial charge in [-0.3, -0.25) is 28.2 Å². The minimum Gasteiger partial charge on any atom is -0.496 e. The second-order valence-electron chi connectivity index (χ2n) is 11.7. The lowest BCUT2D eigenvalue weighted by Crippen LogP contribution is -2.53. The molecule has 1 aliphatic heterocycles. The van der Waals surface area contributed by atoms with Crippen molar-refractivity contribution in [3.8, 4) is 5.75 Å². The van der Waals surface area contributed by atoms with Gasteiger partial charge in [0.2, 0.25) is 11.8 Å². The van der Waals surface area contributed by atoms with Crippen molar-refractivity contribution in [3.05, 3.63) is 30.0 Å². The van der Waals surface area contributed by atoms with Gasteiger partial charge in [-0.25, -0.2) is 4.57 Å². The number of aromatic amines is 1. The Kier molecular flexibility index (Phi) is 10.9. The molecule has 0 radical (unpaired) electrons. The highest BCUT2D eigenvalue weighted by atomic mass is 31.2. The van der Waals surface area contributed by atoms with Crippen LogP contribution in [-0.4, -0.2) is 71.3 Å². The summed E-state index contributed by atoms with van der Waals surface area (Å²) in [5.41, 5.74) is -0.111. The van der Waals surface area contributed by atoms with Crippen molar-refractivity contribution in [2.45, 2.75) is 71.6 Å². The molecule has 0 spiro atoms. The van der Waals surface area contributed by atoms with Gasteiger partial charge in [-0.15, -0.1) is 0 Å². The predicted molar refractivity (Wildman–Crippen MR) is 155 cm³/mol. The number of phosphoric ester groups is 1. The lowest BCUT2D eigenvalue weighted by Gasteiger charge is -2.26. The number of nitrogens with one attached hydrogen (secondary N) is 4. The summed E-state index contributed by atoms with van der Waals surface area (Å²) >= 11 is 0. The van der Waals surface area contributed by atoms with Crippen LogP contribution in [0.3, 0.4) is 0 Å². The number of Topliss-reactive ketones (excluding diaryl/α,β-unsaturated/α-hetero) is 1. The number of ketones is 1. The maximum Gasteiger partial charge on any atom is 0.473 e. The van der Waals surface area contributed by atoms with E-state index in [-0.39, 0.29) is 30.4 Å². The summed E-state index contributed by atoms with van der Waals surface area (Å²) in [5.74, 6) is -2.11. The molecule has 3 amide bonds. The maximum atomic E-state index is 13.5. The van der Waals surface area contributed by atoms with Crippen molar-refractivity contribution in [2.24, 2.45) is 11.8 Å². The molecular formula is C28H41N4O9P. The molecule has 1 fully saturated rings. The van der Waals surface area contributed by atoms with Gasteiger partial charge in [-0.1, -0.05) is 19.9 Å². The van der Waals surface area contributed by atoms with E-state index in [0.717, 1.165) is 0 Å². The van der Waals surface area contributed by atoms with Crippen molar-refractivity contribution < 1.29 is 42.4 Å². The Morgan fingerprint density at radius 2 is 1.88 bits per heavy atom. The van der Waals surface area contributed by atoms with Crippen molar-refractivity contribution in [1.29, 1.82) is 0 Å². The van der Waals surface area contributed by atoms with Crippen molar-refractivity contribution in [1.82, 2.24) is 20.9 Å². The quantitative estimate of drug-likeness (QED) is 0.201. The SMILES string of the molecule is COc1cccc2[nH]c(C(=O)N[C@@H](CC(C)C)C(=O)N[C@@H](C[C@@H]3CCNC3=O)C(=O)COP(=O)(O)OC(C)(C)C)cc12. The molecule has 2 heterocycles. The molecule has 2 aromatic rings. The highest BCUT2D eigenvalue weighted by molar-refractivity contribution is 7.47. The Morgan fingerprint density at radius 3 is 2.48 bits per heavy atom. The molecule has 0 aliphatic carbocycles. The molecular weight excluding hydrogens is 567 g/mol. The number of aromatic nitrogens is 1. The van der Waals surface area contributed by atoms with Gasteiger partial charge in [0.05, 0.1) is 18.8 Å². The molecule has 5 N–H and O–H groups in total. The molecule has 1 saturated heterocycles. The fraction of sp³-hybridized carbons (Fsp3) is 0.571. The lowest BCUT2D eigenvalue weighted by atomic mass is 9.95. The van der Waals surface area contributed by atoms with E-state index in [1.165, 1.54) is 7.11 Å². The van der Waals surface area contributed by atoms with E-state index in [9.17, 15) is 28.6 Å². The Bertz CT molecular complexity index is 1350. The normalized spacial score (nSPS) is 18.3. The first-order chi connectivity index (χ1) is 19.6. The van der Waals surface area contributed by atoms with Crippen LogP contribution < -0.4 is 20.7 Å². The molecule has 13 nitrogen and oxygen atoms in total. The van der Waals surface area contributed by atoms with Crippen LogP contribution in [0.15, 0.2) is 24.3 Å². The molecule has 1 unspecified atom stereocenters. The van der Waals surface area contributed by atoms with Crippen LogP contribution in [0.25, 0.3) is 10.9 Å². The number of benzene rings is 1. The average molecular weight is 609 g/mol. The Labute approximate surface area is 245 Å². The summed E-state index contributed by atoms with van der Waals surface area (Å²) < 4.78 is 27.6. The van der Waals surface area contributed by atoms with E-state index in [2.05, 4.69) is 20.9 Å². The number of phosphoric acid groups is 1. The second kappa shape index (κ2) is 13.8. The molecule has 1 aromatic carbocycles. The largest absolute Gasteiger partial charge is 0.496 e. The van der Waals surface area contributed by atoms with E-state index in [1.807, 2.05) is 13.8 Å². The number of ether oxygens (including phenoxy) is 1. The third kappa shape index (κ3) is 9.38. The zero-order chi connectivity index (χ0) is 31.2. The summed E-state index contributed by atoms with van der Waals surface area (Å²) in [5, 5.41) is 8.79. The monoisotopic (exact) mass is 608 g/mol. The van der Waals surface area contributed by atoms with Gasteiger partial charge in [0.15, 0.2) is 5.78 Å². The molecule has 0 saturated carbocycles. The van der Waals surface area contributed by atoms with E-state index in [1.54, 1.807) is 45.0 Å². The highest BCUT2D eigenvalue weighted by Crippen LogP contribution is 2.47. The molecule has 0 bridgehead atoms. The van der Waals surface area contributed by atoms with Crippen molar-refractivity contribution in [3.63, 3.8) is 0 Å². The van der Waals surface area contributed by atoms with Crippen molar-refractivity contribution in [2.75, 3.05) is 20.3 Å². The molecule has 232 valence electrons. The Hall–Kier alpha value is -3.25. The first-order valence-corrected chi connectivity index (χ1v) is 15.3. The third-order valence-electron chi connectivity index (χ3n) is 6.56. The van der Waals surface area contributed by atoms with Gasteiger partial charge in [0.25, 0.3) is 5.91 Å². The molecule has 1 aromatic heterocycles. The molecule has 4 atom stereocenters. The number of carbonyl (C=O) groups excluding carboxylic acids is 4. The molecule has 1 aliphatic rings. The molecule has 14 heteroatoms. The van der Waals surface area contributed by atoms with Gasteiger partial charge in [0.1, 0.15) is 24.1 Å². The van der Waals surface area contributed by atoms with E-state index in [0.29, 0.717) is 29.6 Å². The smallest absolute Gasteiger partial charge is 0.473 e. The third-order valence-corrected chi connectivity index (χ3v) is 7.80. The van der Waals surface area contributed by atoms with Crippen LogP contribution in [0.4, 0.5) is 0 Å². The number of rotatable bonds is 14. The fourth-order valence-corrected chi connectivity index (χ4v) is 5.72. The minimum atomic E-state index is -4.58. The topological polar surface area (TPSA) is 185 Å². The number of hydrogen-bond acceptors (Lipinski definition) is 8. The molecule has 3 rings (SSSR count). The maximum absolute atomic E-state index is 13.5. The Morgan fingerprint density at radius 1 is 1.17 bits per heavy atom. The summed E-state index contributed by atoms with van der Waals surface area (Å²) in [6.45, 7) is 8.03.